The lowest BCUT2D eigenvalue weighted by Crippen LogP contribution is -1.99. The van der Waals surface area contributed by atoms with Gasteiger partial charge in [-0.15, -0.1) is 0 Å². The van der Waals surface area contributed by atoms with Gasteiger partial charge >= 0.3 is 0 Å². The molecule has 0 saturated carbocycles. The summed E-state index contributed by atoms with van der Waals surface area (Å²) < 4.78 is 5.22. The number of halogens is 2. The van der Waals surface area contributed by atoms with Gasteiger partial charge in [0.25, 0.3) is 0 Å². The summed E-state index contributed by atoms with van der Waals surface area (Å²) in [7, 11) is 1.59. The summed E-state index contributed by atoms with van der Waals surface area (Å²) >= 11 is 12.0. The Kier molecular flexibility index (Phi) is 4.12. The van der Waals surface area contributed by atoms with Crippen LogP contribution in [-0.4, -0.2) is 7.11 Å². The Labute approximate surface area is 116 Å². The number of hydrogen-bond acceptors (Lipinski definition) is 2. The van der Waals surface area contributed by atoms with Gasteiger partial charge in [-0.2, -0.15) is 0 Å². The number of benzene rings is 2. The second-order valence-electron chi connectivity index (χ2n) is 3.85. The van der Waals surface area contributed by atoms with Crippen LogP contribution < -0.4 is 10.5 Å². The van der Waals surface area contributed by atoms with Crippen LogP contribution in [0.1, 0.15) is 5.56 Å². The van der Waals surface area contributed by atoms with Gasteiger partial charge in [0, 0.05) is 11.6 Å². The monoisotopic (exact) mass is 281 g/mol. The Bertz CT molecular complexity index is 570. The summed E-state index contributed by atoms with van der Waals surface area (Å²) in [5.41, 5.74) is 8.78. The fraction of sp³-hybridized carbons (Fsp3) is 0.143. The highest BCUT2D eigenvalue weighted by Crippen LogP contribution is 2.32. The normalized spacial score (nSPS) is 10.4. The Morgan fingerprint density at radius 1 is 1.11 bits per heavy atom. The maximum atomic E-state index is 6.01. The van der Waals surface area contributed by atoms with E-state index in [1.165, 1.54) is 0 Å². The summed E-state index contributed by atoms with van der Waals surface area (Å²) in [4.78, 5) is 0. The molecule has 0 aliphatic heterocycles. The lowest BCUT2D eigenvalue weighted by Gasteiger charge is -2.11. The van der Waals surface area contributed by atoms with Crippen LogP contribution in [0, 0.1) is 0 Å². The van der Waals surface area contributed by atoms with Crippen molar-refractivity contribution in [3.05, 3.63) is 52.0 Å². The van der Waals surface area contributed by atoms with Crippen molar-refractivity contribution in [2.75, 3.05) is 7.11 Å². The second-order valence-corrected chi connectivity index (χ2v) is 4.70. The van der Waals surface area contributed by atoms with Gasteiger partial charge < -0.3 is 10.5 Å². The Balaban J connectivity index is 2.54. The molecule has 2 nitrogen and oxygen atoms in total. The number of methoxy groups -OCH3 is 1. The Morgan fingerprint density at radius 3 is 2.56 bits per heavy atom. The van der Waals surface area contributed by atoms with E-state index in [2.05, 4.69) is 0 Å². The zero-order valence-corrected chi connectivity index (χ0v) is 11.4. The summed E-state index contributed by atoms with van der Waals surface area (Å²) in [6.07, 6.45) is 0. The summed E-state index contributed by atoms with van der Waals surface area (Å²) in [5, 5.41) is 1.27. The minimum absolute atomic E-state index is 0.431. The van der Waals surface area contributed by atoms with Crippen molar-refractivity contribution in [3.63, 3.8) is 0 Å². The maximum Gasteiger partial charge on any atom is 0.138 e. The van der Waals surface area contributed by atoms with Crippen LogP contribution in [0.3, 0.4) is 0 Å². The van der Waals surface area contributed by atoms with Gasteiger partial charge in [-0.3, -0.25) is 0 Å². The minimum atomic E-state index is 0.431. The molecule has 2 aromatic rings. The highest BCUT2D eigenvalue weighted by atomic mass is 35.5. The molecule has 0 fully saturated rings. The molecular weight excluding hydrogens is 269 g/mol. The average Bonchev–Trinajstić information content (AvgIpc) is 2.39. The molecule has 0 spiro atoms. The molecule has 0 amide bonds. The molecule has 4 heteroatoms. The van der Waals surface area contributed by atoms with Gasteiger partial charge in [0.1, 0.15) is 5.75 Å². The van der Waals surface area contributed by atoms with Crippen molar-refractivity contribution in [3.8, 4) is 16.9 Å². The molecule has 0 aliphatic rings. The van der Waals surface area contributed by atoms with E-state index in [-0.39, 0.29) is 0 Å². The van der Waals surface area contributed by atoms with E-state index < -0.39 is 0 Å². The van der Waals surface area contributed by atoms with Crippen molar-refractivity contribution in [1.29, 1.82) is 0 Å². The van der Waals surface area contributed by atoms with Crippen molar-refractivity contribution >= 4 is 23.2 Å². The van der Waals surface area contributed by atoms with E-state index >= 15 is 0 Å². The number of rotatable bonds is 3. The van der Waals surface area contributed by atoms with Crippen molar-refractivity contribution in [1.82, 2.24) is 0 Å². The molecule has 2 N–H and O–H groups in total. The largest absolute Gasteiger partial charge is 0.495 e. The average molecular weight is 282 g/mol. The standard InChI is InChI=1S/C14H13Cl2NO/c1-18-14-7-9(2-5-13(14)16)12-4-3-11(15)6-10(12)8-17/h2-7H,8,17H2,1H3. The lowest BCUT2D eigenvalue weighted by atomic mass is 9.99. The molecule has 0 radical (unpaired) electrons. The second kappa shape index (κ2) is 5.61. The van der Waals surface area contributed by atoms with Gasteiger partial charge in [0.2, 0.25) is 0 Å². The SMILES string of the molecule is COc1cc(-c2ccc(Cl)cc2CN)ccc1Cl. The molecule has 0 unspecified atom stereocenters. The number of nitrogens with two attached hydrogens (primary N) is 1. The topological polar surface area (TPSA) is 35.2 Å². The first-order valence-electron chi connectivity index (χ1n) is 5.48. The van der Waals surface area contributed by atoms with E-state index in [0.717, 1.165) is 16.7 Å². The zero-order chi connectivity index (χ0) is 13.1. The molecule has 0 heterocycles. The summed E-state index contributed by atoms with van der Waals surface area (Å²) in [6, 6.07) is 11.3. The van der Waals surface area contributed by atoms with Crippen LogP contribution in [0.25, 0.3) is 11.1 Å². The summed E-state index contributed by atoms with van der Waals surface area (Å²) in [5.74, 6) is 0.645. The lowest BCUT2D eigenvalue weighted by molar-refractivity contribution is 0.415. The number of ether oxygens (including phenoxy) is 1. The van der Waals surface area contributed by atoms with Crippen LogP contribution in [0.2, 0.25) is 10.0 Å². The third-order valence-electron chi connectivity index (χ3n) is 2.75. The van der Waals surface area contributed by atoms with Gasteiger partial charge in [-0.25, -0.2) is 0 Å². The van der Waals surface area contributed by atoms with E-state index in [9.17, 15) is 0 Å². The molecule has 0 aliphatic carbocycles. The maximum absolute atomic E-state index is 6.01. The van der Waals surface area contributed by atoms with Crippen molar-refractivity contribution in [2.45, 2.75) is 6.54 Å². The molecule has 18 heavy (non-hydrogen) atoms. The van der Waals surface area contributed by atoms with Crippen molar-refractivity contribution < 1.29 is 4.74 Å². The summed E-state index contributed by atoms with van der Waals surface area (Å²) in [6.45, 7) is 0.431. The fourth-order valence-corrected chi connectivity index (χ4v) is 2.23. The first-order valence-corrected chi connectivity index (χ1v) is 6.23. The van der Waals surface area contributed by atoms with Gasteiger partial charge in [-0.05, 0) is 41.0 Å². The predicted molar refractivity (Wildman–Crippen MR) is 76.3 cm³/mol. The first-order chi connectivity index (χ1) is 8.65. The van der Waals surface area contributed by atoms with Crippen LogP contribution in [-0.2, 0) is 6.54 Å². The Morgan fingerprint density at radius 2 is 1.89 bits per heavy atom. The smallest absolute Gasteiger partial charge is 0.138 e. The zero-order valence-electron chi connectivity index (χ0n) is 9.91. The van der Waals surface area contributed by atoms with E-state index in [1.807, 2.05) is 36.4 Å². The molecule has 0 bridgehead atoms. The van der Waals surface area contributed by atoms with Crippen LogP contribution in [0.15, 0.2) is 36.4 Å². The highest BCUT2D eigenvalue weighted by Gasteiger charge is 2.08. The molecule has 0 saturated heterocycles. The highest BCUT2D eigenvalue weighted by molar-refractivity contribution is 6.32. The van der Waals surface area contributed by atoms with E-state index in [4.69, 9.17) is 33.7 Å². The van der Waals surface area contributed by atoms with Crippen molar-refractivity contribution in [2.24, 2.45) is 5.73 Å². The third kappa shape index (κ3) is 2.61. The van der Waals surface area contributed by atoms with E-state index in [0.29, 0.717) is 22.3 Å². The van der Waals surface area contributed by atoms with Crippen LogP contribution in [0.5, 0.6) is 5.75 Å². The van der Waals surface area contributed by atoms with Gasteiger partial charge in [-0.1, -0.05) is 35.3 Å². The van der Waals surface area contributed by atoms with Crippen LogP contribution >= 0.6 is 23.2 Å². The molecule has 2 aromatic carbocycles. The number of hydrogen-bond donors (Lipinski definition) is 1. The first kappa shape index (κ1) is 13.2. The Hall–Kier alpha value is -1.22. The predicted octanol–water partition coefficient (Wildman–Crippen LogP) is 4.13. The molecule has 0 aromatic heterocycles. The third-order valence-corrected chi connectivity index (χ3v) is 3.30. The molecule has 0 atom stereocenters. The molecule has 2 rings (SSSR count). The minimum Gasteiger partial charge on any atom is -0.495 e. The van der Waals surface area contributed by atoms with Gasteiger partial charge in [0.15, 0.2) is 0 Å². The fourth-order valence-electron chi connectivity index (χ4n) is 1.84. The van der Waals surface area contributed by atoms with E-state index in [1.54, 1.807) is 7.11 Å². The quantitative estimate of drug-likeness (QED) is 0.918. The van der Waals surface area contributed by atoms with Gasteiger partial charge in [0.05, 0.1) is 12.1 Å². The molecule has 94 valence electrons. The van der Waals surface area contributed by atoms with Crippen LogP contribution in [0.4, 0.5) is 0 Å². The molecular formula is C14H13Cl2NO.